The van der Waals surface area contributed by atoms with E-state index in [-0.39, 0.29) is 24.8 Å². The zero-order valence-corrected chi connectivity index (χ0v) is 18.2. The van der Waals surface area contributed by atoms with Gasteiger partial charge in [-0.15, -0.1) is 0 Å². The van der Waals surface area contributed by atoms with Crippen LogP contribution in [0.5, 0.6) is 0 Å². The molecule has 4 aromatic rings. The van der Waals surface area contributed by atoms with E-state index >= 15 is 0 Å². The largest absolute Gasteiger partial charge is 0.347 e. The molecule has 0 unspecified atom stereocenters. The number of aromatic nitrogens is 6. The summed E-state index contributed by atoms with van der Waals surface area (Å²) in [7, 11) is 0. The number of hydrogen-bond acceptors (Lipinski definition) is 6. The molecule has 4 rings (SSSR count). The number of fused-ring (bicyclic) bond motifs is 1. The highest BCUT2D eigenvalue weighted by Crippen LogP contribution is 2.17. The number of nitrogens with one attached hydrogen (secondary N) is 2. The van der Waals surface area contributed by atoms with Gasteiger partial charge in [-0.05, 0) is 57.0 Å². The van der Waals surface area contributed by atoms with Crippen LogP contribution in [-0.4, -0.2) is 47.7 Å². The standard InChI is InChI=1S/C22H24N8O2/c1-14-10-20-26-15(2)19(16(3)30(20)28-14)8-9-21(31)24-11-22(32)27-17-4-6-18(7-5-17)29-13-23-12-25-29/h4-7,10,12-13H,8-9,11H2,1-3H3,(H,24,31)(H,27,32). The zero-order chi connectivity index (χ0) is 22.7. The number of rotatable bonds is 7. The van der Waals surface area contributed by atoms with Gasteiger partial charge in [0.1, 0.15) is 12.7 Å². The molecule has 3 aromatic heterocycles. The fourth-order valence-corrected chi connectivity index (χ4v) is 3.55. The van der Waals surface area contributed by atoms with Crippen LogP contribution in [0.1, 0.15) is 29.1 Å². The molecule has 0 aliphatic heterocycles. The van der Waals surface area contributed by atoms with Gasteiger partial charge in [0.05, 0.1) is 17.9 Å². The van der Waals surface area contributed by atoms with Gasteiger partial charge in [-0.1, -0.05) is 0 Å². The molecular weight excluding hydrogens is 408 g/mol. The molecule has 0 aliphatic carbocycles. The smallest absolute Gasteiger partial charge is 0.243 e. The van der Waals surface area contributed by atoms with E-state index in [1.54, 1.807) is 27.7 Å². The second-order valence-corrected chi connectivity index (χ2v) is 7.53. The molecular formula is C22H24N8O2. The zero-order valence-electron chi connectivity index (χ0n) is 18.2. The number of hydrogen-bond donors (Lipinski definition) is 2. The van der Waals surface area contributed by atoms with Gasteiger partial charge in [-0.3, -0.25) is 9.59 Å². The van der Waals surface area contributed by atoms with Crippen LogP contribution in [0.15, 0.2) is 43.0 Å². The molecule has 0 fully saturated rings. The van der Waals surface area contributed by atoms with E-state index in [4.69, 9.17) is 0 Å². The van der Waals surface area contributed by atoms with Crippen LogP contribution >= 0.6 is 0 Å². The number of carbonyl (C=O) groups excluding carboxylic acids is 2. The van der Waals surface area contributed by atoms with Crippen molar-refractivity contribution in [2.45, 2.75) is 33.6 Å². The Morgan fingerprint density at radius 2 is 1.84 bits per heavy atom. The minimum atomic E-state index is -0.297. The van der Waals surface area contributed by atoms with E-state index in [1.807, 2.05) is 39.0 Å². The molecule has 10 nitrogen and oxygen atoms in total. The van der Waals surface area contributed by atoms with E-state index in [0.717, 1.165) is 34.0 Å². The summed E-state index contributed by atoms with van der Waals surface area (Å²) in [4.78, 5) is 33.0. The van der Waals surface area contributed by atoms with Crippen molar-refractivity contribution >= 4 is 23.1 Å². The van der Waals surface area contributed by atoms with E-state index < -0.39 is 0 Å². The highest BCUT2D eigenvalue weighted by Gasteiger charge is 2.13. The Labute approximate surface area is 184 Å². The van der Waals surface area contributed by atoms with Crippen molar-refractivity contribution in [2.75, 3.05) is 11.9 Å². The number of anilines is 1. The maximum Gasteiger partial charge on any atom is 0.243 e. The molecule has 3 heterocycles. The molecule has 2 amide bonds. The fourth-order valence-electron chi connectivity index (χ4n) is 3.55. The Balaban J connectivity index is 1.28. The van der Waals surface area contributed by atoms with Crippen molar-refractivity contribution < 1.29 is 9.59 Å². The van der Waals surface area contributed by atoms with Gasteiger partial charge in [-0.2, -0.15) is 10.2 Å². The van der Waals surface area contributed by atoms with Gasteiger partial charge in [0.15, 0.2) is 5.65 Å². The van der Waals surface area contributed by atoms with Crippen molar-refractivity contribution in [2.24, 2.45) is 0 Å². The maximum atomic E-state index is 12.3. The first-order chi connectivity index (χ1) is 15.4. The molecule has 1 aromatic carbocycles. The summed E-state index contributed by atoms with van der Waals surface area (Å²) in [5, 5.41) is 13.9. The maximum absolute atomic E-state index is 12.3. The topological polar surface area (TPSA) is 119 Å². The quantitative estimate of drug-likeness (QED) is 0.461. The van der Waals surface area contributed by atoms with Crippen LogP contribution in [0.3, 0.4) is 0 Å². The molecule has 0 bridgehead atoms. The van der Waals surface area contributed by atoms with Crippen molar-refractivity contribution in [3.05, 3.63) is 65.6 Å². The molecule has 164 valence electrons. The SMILES string of the molecule is Cc1cc2nc(C)c(CCC(=O)NCC(=O)Nc3ccc(-n4cncn4)cc3)c(C)n2n1. The third kappa shape index (κ3) is 4.64. The molecule has 0 saturated heterocycles. The van der Waals surface area contributed by atoms with Gasteiger partial charge in [0, 0.05) is 29.6 Å². The van der Waals surface area contributed by atoms with E-state index in [1.165, 1.54) is 6.33 Å². The predicted molar refractivity (Wildman–Crippen MR) is 119 cm³/mol. The molecule has 0 spiro atoms. The Kier molecular flexibility index (Phi) is 5.93. The summed E-state index contributed by atoms with van der Waals surface area (Å²) in [5.74, 6) is -0.494. The molecule has 2 N–H and O–H groups in total. The summed E-state index contributed by atoms with van der Waals surface area (Å²) >= 11 is 0. The second-order valence-electron chi connectivity index (χ2n) is 7.53. The molecule has 0 atom stereocenters. The molecule has 32 heavy (non-hydrogen) atoms. The van der Waals surface area contributed by atoms with Crippen molar-refractivity contribution in [3.8, 4) is 5.69 Å². The molecule has 0 radical (unpaired) electrons. The Bertz CT molecular complexity index is 1260. The first kappa shape index (κ1) is 21.2. The lowest BCUT2D eigenvalue weighted by Gasteiger charge is -2.11. The Morgan fingerprint density at radius 1 is 1.06 bits per heavy atom. The van der Waals surface area contributed by atoms with E-state index in [9.17, 15) is 9.59 Å². The molecule has 10 heteroatoms. The Hall–Kier alpha value is -4.08. The average Bonchev–Trinajstić information content (AvgIpc) is 3.42. The minimum Gasteiger partial charge on any atom is -0.347 e. The van der Waals surface area contributed by atoms with E-state index in [2.05, 4.69) is 30.8 Å². The summed E-state index contributed by atoms with van der Waals surface area (Å²) in [5.41, 5.74) is 6.01. The average molecular weight is 432 g/mol. The fraction of sp³-hybridized carbons (Fsp3) is 0.273. The number of carbonyl (C=O) groups is 2. The van der Waals surface area contributed by atoms with Gasteiger partial charge in [-0.25, -0.2) is 19.2 Å². The predicted octanol–water partition coefficient (Wildman–Crippen LogP) is 1.92. The summed E-state index contributed by atoms with van der Waals surface area (Å²) in [6, 6.07) is 9.10. The van der Waals surface area contributed by atoms with E-state index in [0.29, 0.717) is 12.1 Å². The molecule has 0 saturated carbocycles. The Morgan fingerprint density at radius 3 is 2.56 bits per heavy atom. The van der Waals surface area contributed by atoms with Crippen LogP contribution in [0.4, 0.5) is 5.69 Å². The van der Waals surface area contributed by atoms with Crippen molar-refractivity contribution in [1.29, 1.82) is 0 Å². The highest BCUT2D eigenvalue weighted by molar-refractivity contribution is 5.94. The lowest BCUT2D eigenvalue weighted by molar-refractivity contribution is -0.124. The number of amides is 2. The first-order valence-corrected chi connectivity index (χ1v) is 10.2. The monoisotopic (exact) mass is 432 g/mol. The highest BCUT2D eigenvalue weighted by atomic mass is 16.2. The van der Waals surface area contributed by atoms with Crippen molar-refractivity contribution in [1.82, 2.24) is 34.7 Å². The number of nitrogens with zero attached hydrogens (tertiary/aromatic N) is 6. The van der Waals surface area contributed by atoms with Gasteiger partial charge in [0.2, 0.25) is 11.8 Å². The summed E-state index contributed by atoms with van der Waals surface area (Å²) in [6.07, 6.45) is 3.83. The van der Waals surface area contributed by atoms with Crippen LogP contribution in [-0.2, 0) is 16.0 Å². The van der Waals surface area contributed by atoms with Gasteiger partial charge in [0.25, 0.3) is 0 Å². The normalized spacial score (nSPS) is 11.0. The summed E-state index contributed by atoms with van der Waals surface area (Å²) < 4.78 is 3.42. The van der Waals surface area contributed by atoms with Crippen LogP contribution < -0.4 is 10.6 Å². The van der Waals surface area contributed by atoms with Crippen molar-refractivity contribution in [3.63, 3.8) is 0 Å². The van der Waals surface area contributed by atoms with Crippen LogP contribution in [0.25, 0.3) is 11.3 Å². The number of aryl methyl sites for hydroxylation is 3. The minimum absolute atomic E-state index is 0.0999. The number of benzene rings is 1. The second kappa shape index (κ2) is 8.96. The third-order valence-electron chi connectivity index (χ3n) is 5.17. The first-order valence-electron chi connectivity index (χ1n) is 10.2. The van der Waals surface area contributed by atoms with Crippen LogP contribution in [0, 0.1) is 20.8 Å². The van der Waals surface area contributed by atoms with Crippen LogP contribution in [0.2, 0.25) is 0 Å². The lowest BCUT2D eigenvalue weighted by atomic mass is 10.1. The summed E-state index contributed by atoms with van der Waals surface area (Å²) in [6.45, 7) is 5.73. The third-order valence-corrected chi connectivity index (χ3v) is 5.17. The lowest BCUT2D eigenvalue weighted by Crippen LogP contribution is -2.33. The molecule has 0 aliphatic rings. The van der Waals surface area contributed by atoms with Gasteiger partial charge < -0.3 is 10.6 Å². The van der Waals surface area contributed by atoms with Gasteiger partial charge >= 0.3 is 0 Å².